The van der Waals surface area contributed by atoms with Crippen LogP contribution in [0.4, 0.5) is 13.2 Å². The first-order valence-corrected chi connectivity index (χ1v) is 11.0. The summed E-state index contributed by atoms with van der Waals surface area (Å²) >= 11 is 2.96. The van der Waals surface area contributed by atoms with E-state index in [1.807, 2.05) is 22.8 Å². The number of nitrogens with zero attached hydrogens (tertiary/aromatic N) is 2. The second kappa shape index (κ2) is 9.69. The van der Waals surface area contributed by atoms with Gasteiger partial charge in [-0.05, 0) is 30.8 Å². The molecule has 29 heavy (non-hydrogen) atoms. The van der Waals surface area contributed by atoms with Gasteiger partial charge in [-0.25, -0.2) is 0 Å². The third-order valence-corrected chi connectivity index (χ3v) is 6.18. The number of hydrogen-bond donors (Lipinski definition) is 1. The van der Waals surface area contributed by atoms with Crippen molar-refractivity contribution in [3.05, 3.63) is 58.9 Å². The van der Waals surface area contributed by atoms with Crippen molar-refractivity contribution in [3.63, 3.8) is 0 Å². The average Bonchev–Trinajstić information content (AvgIpc) is 2.95. The minimum Gasteiger partial charge on any atom is -0.406 e. The van der Waals surface area contributed by atoms with Crippen LogP contribution in [0.2, 0.25) is 0 Å². The summed E-state index contributed by atoms with van der Waals surface area (Å²) in [6.45, 7) is 2.51. The van der Waals surface area contributed by atoms with Crippen molar-refractivity contribution >= 4 is 33.3 Å². The Balaban J connectivity index is 1.49. The van der Waals surface area contributed by atoms with Crippen molar-refractivity contribution in [1.29, 1.82) is 5.41 Å². The quantitative estimate of drug-likeness (QED) is 0.478. The van der Waals surface area contributed by atoms with E-state index in [0.717, 1.165) is 41.4 Å². The summed E-state index contributed by atoms with van der Waals surface area (Å²) in [5.41, 5.74) is 2.05. The SMILES string of the molecule is CN(CCSCCn1c(=N)sc2cc(OC(F)(F)F)ccc21)Cc1ccccc1. The molecule has 1 N–H and O–H groups in total. The number of ether oxygens (including phenoxy) is 1. The number of aryl methyl sites for hydroxylation is 1. The van der Waals surface area contributed by atoms with E-state index in [-0.39, 0.29) is 5.75 Å². The predicted molar refractivity (Wildman–Crippen MR) is 112 cm³/mol. The van der Waals surface area contributed by atoms with E-state index in [2.05, 4.69) is 28.8 Å². The van der Waals surface area contributed by atoms with Crippen LogP contribution in [0.15, 0.2) is 48.5 Å². The Morgan fingerprint density at radius 1 is 1.14 bits per heavy atom. The second-order valence-electron chi connectivity index (χ2n) is 6.57. The van der Waals surface area contributed by atoms with Crippen molar-refractivity contribution in [1.82, 2.24) is 9.47 Å². The normalized spacial score (nSPS) is 12.0. The molecule has 0 atom stereocenters. The molecule has 1 heterocycles. The van der Waals surface area contributed by atoms with Gasteiger partial charge in [0.1, 0.15) is 5.75 Å². The van der Waals surface area contributed by atoms with Gasteiger partial charge < -0.3 is 14.2 Å². The molecule has 3 aromatic rings. The van der Waals surface area contributed by atoms with E-state index in [1.54, 1.807) is 17.8 Å². The maximum Gasteiger partial charge on any atom is 0.573 e. The van der Waals surface area contributed by atoms with Gasteiger partial charge in [-0.15, -0.1) is 13.2 Å². The summed E-state index contributed by atoms with van der Waals surface area (Å²) in [7, 11) is 2.09. The third-order valence-electron chi connectivity index (χ3n) is 4.28. The summed E-state index contributed by atoms with van der Waals surface area (Å²) in [4.78, 5) is 2.60. The Labute approximate surface area is 175 Å². The predicted octanol–water partition coefficient (Wildman–Crippen LogP) is 4.95. The third kappa shape index (κ3) is 6.52. The molecule has 1 aromatic heterocycles. The molecule has 0 fully saturated rings. The lowest BCUT2D eigenvalue weighted by Crippen LogP contribution is -2.21. The summed E-state index contributed by atoms with van der Waals surface area (Å²) in [5.74, 6) is 1.56. The van der Waals surface area contributed by atoms with E-state index < -0.39 is 6.36 Å². The monoisotopic (exact) mass is 441 g/mol. The van der Waals surface area contributed by atoms with Gasteiger partial charge in [-0.3, -0.25) is 5.41 Å². The number of alkyl halides is 3. The van der Waals surface area contributed by atoms with Gasteiger partial charge in [0.15, 0.2) is 4.80 Å². The molecule has 0 spiro atoms. The van der Waals surface area contributed by atoms with Crippen LogP contribution in [0.25, 0.3) is 10.2 Å². The molecule has 2 aromatic carbocycles. The molecule has 0 saturated heterocycles. The first kappa shape index (κ1) is 21.7. The second-order valence-corrected chi connectivity index (χ2v) is 8.83. The Morgan fingerprint density at radius 2 is 1.90 bits per heavy atom. The molecular weight excluding hydrogens is 419 g/mol. The van der Waals surface area contributed by atoms with Crippen LogP contribution < -0.4 is 9.54 Å². The van der Waals surface area contributed by atoms with Gasteiger partial charge in [0.25, 0.3) is 0 Å². The average molecular weight is 442 g/mol. The maximum absolute atomic E-state index is 12.4. The van der Waals surface area contributed by atoms with Crippen molar-refractivity contribution in [2.24, 2.45) is 0 Å². The summed E-state index contributed by atoms with van der Waals surface area (Å²) in [5, 5.41) is 8.12. The fraction of sp³-hybridized carbons (Fsp3) is 0.350. The number of nitrogens with one attached hydrogen (secondary N) is 1. The highest BCUT2D eigenvalue weighted by atomic mass is 32.2. The number of thiazole rings is 1. The molecule has 0 bridgehead atoms. The standard InChI is InChI=1S/C20H22F3N3OS2/c1-25(14-15-5-3-2-4-6-15)9-11-28-12-10-26-17-8-7-16(27-20(21,22)23)13-18(17)29-19(26)24/h2-8,13,24H,9-12,14H2,1H3. The molecule has 0 saturated carbocycles. The van der Waals surface area contributed by atoms with Crippen LogP contribution in [0.3, 0.4) is 0 Å². The molecule has 0 aliphatic heterocycles. The highest BCUT2D eigenvalue weighted by Crippen LogP contribution is 2.28. The number of halogens is 3. The van der Waals surface area contributed by atoms with Gasteiger partial charge in [-0.2, -0.15) is 11.8 Å². The minimum atomic E-state index is -4.71. The molecular formula is C20H22F3N3OS2. The van der Waals surface area contributed by atoms with Crippen LogP contribution in [-0.2, 0) is 13.1 Å². The Morgan fingerprint density at radius 3 is 2.62 bits per heavy atom. The summed E-state index contributed by atoms with van der Waals surface area (Å²) in [6, 6.07) is 14.5. The number of benzene rings is 2. The zero-order valence-corrected chi connectivity index (χ0v) is 17.5. The van der Waals surface area contributed by atoms with Crippen LogP contribution in [0, 0.1) is 5.41 Å². The summed E-state index contributed by atoms with van der Waals surface area (Å²) < 4.78 is 43.5. The molecule has 0 unspecified atom stereocenters. The zero-order valence-electron chi connectivity index (χ0n) is 15.9. The molecule has 3 rings (SSSR count). The van der Waals surface area contributed by atoms with Crippen molar-refractivity contribution < 1.29 is 17.9 Å². The largest absolute Gasteiger partial charge is 0.573 e. The van der Waals surface area contributed by atoms with Gasteiger partial charge in [0.05, 0.1) is 10.2 Å². The van der Waals surface area contributed by atoms with Crippen LogP contribution in [0.5, 0.6) is 5.75 Å². The van der Waals surface area contributed by atoms with Crippen molar-refractivity contribution in [3.8, 4) is 5.75 Å². The first-order valence-electron chi connectivity index (χ1n) is 9.06. The number of fused-ring (bicyclic) bond motifs is 1. The van der Waals surface area contributed by atoms with Crippen LogP contribution >= 0.6 is 23.1 Å². The smallest absolute Gasteiger partial charge is 0.406 e. The van der Waals surface area contributed by atoms with Gasteiger partial charge in [0.2, 0.25) is 0 Å². The number of thioether (sulfide) groups is 1. The Kier molecular flexibility index (Phi) is 7.26. The number of rotatable bonds is 9. The highest BCUT2D eigenvalue weighted by molar-refractivity contribution is 7.99. The van der Waals surface area contributed by atoms with E-state index in [9.17, 15) is 13.2 Å². The summed E-state index contributed by atoms with van der Waals surface area (Å²) in [6.07, 6.45) is -4.71. The zero-order chi connectivity index (χ0) is 20.9. The van der Waals surface area contributed by atoms with Crippen LogP contribution in [-0.4, -0.2) is 40.9 Å². The van der Waals surface area contributed by atoms with Gasteiger partial charge >= 0.3 is 6.36 Å². The lowest BCUT2D eigenvalue weighted by Gasteiger charge is -2.16. The molecule has 156 valence electrons. The lowest BCUT2D eigenvalue weighted by atomic mass is 10.2. The topological polar surface area (TPSA) is 41.2 Å². The maximum atomic E-state index is 12.4. The van der Waals surface area contributed by atoms with E-state index >= 15 is 0 Å². The molecule has 9 heteroatoms. The van der Waals surface area contributed by atoms with E-state index in [0.29, 0.717) is 16.0 Å². The van der Waals surface area contributed by atoms with Gasteiger partial charge in [-0.1, -0.05) is 41.7 Å². The molecule has 0 aliphatic rings. The highest BCUT2D eigenvalue weighted by Gasteiger charge is 2.31. The lowest BCUT2D eigenvalue weighted by molar-refractivity contribution is -0.274. The van der Waals surface area contributed by atoms with Gasteiger partial charge in [0, 0.05) is 31.1 Å². The van der Waals surface area contributed by atoms with Crippen molar-refractivity contribution in [2.45, 2.75) is 19.5 Å². The first-order chi connectivity index (χ1) is 13.8. The number of hydrogen-bond acceptors (Lipinski definition) is 5. The fourth-order valence-electron chi connectivity index (χ4n) is 2.94. The molecule has 4 nitrogen and oxygen atoms in total. The van der Waals surface area contributed by atoms with Crippen molar-refractivity contribution in [2.75, 3.05) is 25.1 Å². The minimum absolute atomic E-state index is 0.255. The fourth-order valence-corrected chi connectivity index (χ4v) is 4.86. The Hall–Kier alpha value is -1.97. The number of aromatic nitrogens is 1. The molecule has 0 amide bonds. The van der Waals surface area contributed by atoms with Crippen LogP contribution in [0.1, 0.15) is 5.56 Å². The van der Waals surface area contributed by atoms with E-state index in [4.69, 9.17) is 5.41 Å². The molecule has 0 radical (unpaired) electrons. The molecule has 0 aliphatic carbocycles. The van der Waals surface area contributed by atoms with E-state index in [1.165, 1.54) is 17.7 Å². The Bertz CT molecular complexity index is 986.